The van der Waals surface area contributed by atoms with Gasteiger partial charge in [-0.2, -0.15) is 0 Å². The Hall–Kier alpha value is -2.77. The summed E-state index contributed by atoms with van der Waals surface area (Å²) in [6.45, 7) is 4.24. The molecule has 1 aliphatic heterocycles. The topological polar surface area (TPSA) is 67.7 Å². The van der Waals surface area contributed by atoms with Gasteiger partial charge >= 0.3 is 0 Å². The molecule has 1 aliphatic rings. The Balaban J connectivity index is 1.81. The number of rotatable bonds is 4. The molecule has 1 saturated heterocycles. The Morgan fingerprint density at radius 1 is 1.39 bits per heavy atom. The van der Waals surface area contributed by atoms with Crippen LogP contribution in [-0.4, -0.2) is 48.1 Å². The molecule has 7 heteroatoms. The average Bonchev–Trinajstić information content (AvgIpc) is 3.05. The Kier molecular flexibility index (Phi) is 5.11. The first-order chi connectivity index (χ1) is 13.6. The van der Waals surface area contributed by atoms with Crippen LogP contribution >= 0.6 is 0 Å². The van der Waals surface area contributed by atoms with Crippen LogP contribution in [0, 0.1) is 12.7 Å². The fourth-order valence-electron chi connectivity index (χ4n) is 3.57. The third kappa shape index (κ3) is 3.50. The number of aromatic nitrogens is 2. The first-order valence-corrected chi connectivity index (χ1v) is 9.38. The van der Waals surface area contributed by atoms with Crippen molar-refractivity contribution in [1.82, 2.24) is 20.0 Å². The molecule has 0 saturated carbocycles. The largest absolute Gasteiger partial charge is 0.375 e. The third-order valence-corrected chi connectivity index (χ3v) is 5.02. The summed E-state index contributed by atoms with van der Waals surface area (Å²) in [5, 5.41) is 5.84. The van der Waals surface area contributed by atoms with Gasteiger partial charge in [-0.1, -0.05) is 0 Å². The summed E-state index contributed by atoms with van der Waals surface area (Å²) < 4.78 is 22.8. The van der Waals surface area contributed by atoms with Gasteiger partial charge in [0.2, 0.25) is 0 Å². The maximum Gasteiger partial charge on any atom is 0.251 e. The number of carbonyl (C=O) groups excluding carboxylic acids is 1. The predicted octanol–water partition coefficient (Wildman–Crippen LogP) is 2.34. The van der Waals surface area contributed by atoms with E-state index in [1.807, 2.05) is 29.7 Å². The number of pyridine rings is 1. The van der Waals surface area contributed by atoms with Gasteiger partial charge in [-0.05, 0) is 42.8 Å². The van der Waals surface area contributed by atoms with Gasteiger partial charge in [-0.15, -0.1) is 0 Å². The summed E-state index contributed by atoms with van der Waals surface area (Å²) >= 11 is 0. The highest BCUT2D eigenvalue weighted by Crippen LogP contribution is 2.29. The van der Waals surface area contributed by atoms with Crippen molar-refractivity contribution in [3.63, 3.8) is 0 Å². The van der Waals surface area contributed by atoms with Crippen molar-refractivity contribution in [1.29, 1.82) is 0 Å². The summed E-state index contributed by atoms with van der Waals surface area (Å²) in [6, 6.07) is 8.48. The van der Waals surface area contributed by atoms with Crippen LogP contribution in [0.25, 0.3) is 16.9 Å². The van der Waals surface area contributed by atoms with Crippen LogP contribution in [-0.2, 0) is 11.2 Å². The lowest BCUT2D eigenvalue weighted by Gasteiger charge is -2.23. The number of nitrogens with one attached hydrogen (secondary N) is 2. The van der Waals surface area contributed by atoms with Crippen molar-refractivity contribution in [2.75, 3.05) is 26.7 Å². The molecule has 6 nitrogen and oxygen atoms in total. The monoisotopic (exact) mass is 382 g/mol. The number of morpholine rings is 1. The lowest BCUT2D eigenvalue weighted by Crippen LogP contribution is -2.39. The van der Waals surface area contributed by atoms with Crippen molar-refractivity contribution >= 4 is 11.6 Å². The number of carbonyl (C=O) groups is 1. The van der Waals surface area contributed by atoms with Crippen LogP contribution in [0.4, 0.5) is 4.39 Å². The first-order valence-electron chi connectivity index (χ1n) is 9.38. The van der Waals surface area contributed by atoms with E-state index >= 15 is 0 Å². The zero-order chi connectivity index (χ0) is 19.7. The van der Waals surface area contributed by atoms with Gasteiger partial charge in [0.05, 0.1) is 24.1 Å². The standard InChI is InChI=1S/C21H23FN4O2/c1-13-5-7-26-18(11-15-12-24-6-8-28-15)20(25-19(26)9-13)16-4-3-14(10-17(16)22)21(27)23-2/h3-5,7,9-10,15,24H,6,8,11-12H2,1-2H3,(H,23,27)/t15-/m0/s1. The molecule has 0 aliphatic carbocycles. The zero-order valence-corrected chi connectivity index (χ0v) is 16.0. The lowest BCUT2D eigenvalue weighted by molar-refractivity contribution is 0.0286. The van der Waals surface area contributed by atoms with Crippen LogP contribution < -0.4 is 10.6 Å². The zero-order valence-electron chi connectivity index (χ0n) is 16.0. The number of aryl methyl sites for hydroxylation is 1. The molecule has 0 radical (unpaired) electrons. The molecular weight excluding hydrogens is 359 g/mol. The van der Waals surface area contributed by atoms with Gasteiger partial charge in [0.15, 0.2) is 0 Å². The first kappa shape index (κ1) is 18.6. The van der Waals surface area contributed by atoms with E-state index in [0.29, 0.717) is 24.3 Å². The fraction of sp³-hybridized carbons (Fsp3) is 0.333. The van der Waals surface area contributed by atoms with E-state index in [4.69, 9.17) is 9.72 Å². The average molecular weight is 382 g/mol. The summed E-state index contributed by atoms with van der Waals surface area (Å²) in [7, 11) is 1.52. The Labute approximate surface area is 162 Å². The molecule has 2 aromatic heterocycles. The van der Waals surface area contributed by atoms with Gasteiger partial charge in [0, 0.05) is 43.9 Å². The maximum absolute atomic E-state index is 14.9. The van der Waals surface area contributed by atoms with Gasteiger partial charge in [0.25, 0.3) is 5.91 Å². The van der Waals surface area contributed by atoms with E-state index in [9.17, 15) is 9.18 Å². The van der Waals surface area contributed by atoms with Crippen molar-refractivity contribution in [2.45, 2.75) is 19.4 Å². The number of imidazole rings is 1. The Morgan fingerprint density at radius 2 is 2.25 bits per heavy atom. The quantitative estimate of drug-likeness (QED) is 0.727. The molecule has 0 bridgehead atoms. The molecule has 1 fully saturated rings. The highest BCUT2D eigenvalue weighted by atomic mass is 19.1. The second-order valence-corrected chi connectivity index (χ2v) is 7.01. The number of hydrogen-bond acceptors (Lipinski definition) is 4. The SMILES string of the molecule is CNC(=O)c1ccc(-c2nc3cc(C)ccn3c2C[C@H]2CNCCO2)c(F)c1. The normalized spacial score (nSPS) is 17.0. The highest BCUT2D eigenvalue weighted by molar-refractivity contribution is 5.94. The lowest BCUT2D eigenvalue weighted by atomic mass is 10.0. The molecule has 2 N–H and O–H groups in total. The molecule has 3 aromatic rings. The summed E-state index contributed by atoms with van der Waals surface area (Å²) in [6.07, 6.45) is 2.58. The molecule has 4 rings (SSSR count). The van der Waals surface area contributed by atoms with Crippen LogP contribution in [0.15, 0.2) is 36.5 Å². The van der Waals surface area contributed by atoms with Crippen molar-refractivity contribution in [2.24, 2.45) is 0 Å². The fourth-order valence-corrected chi connectivity index (χ4v) is 3.57. The minimum absolute atomic E-state index is 0.00177. The molecule has 0 spiro atoms. The van der Waals surface area contributed by atoms with Gasteiger partial charge in [-0.25, -0.2) is 9.37 Å². The number of benzene rings is 1. The van der Waals surface area contributed by atoms with E-state index in [-0.39, 0.29) is 17.6 Å². The molecule has 1 atom stereocenters. The number of fused-ring (bicyclic) bond motifs is 1. The number of ether oxygens (including phenoxy) is 1. The number of halogens is 1. The van der Waals surface area contributed by atoms with Gasteiger partial charge < -0.3 is 19.8 Å². The van der Waals surface area contributed by atoms with Gasteiger partial charge in [0.1, 0.15) is 11.5 Å². The third-order valence-electron chi connectivity index (χ3n) is 5.02. The Bertz CT molecular complexity index is 1020. The highest BCUT2D eigenvalue weighted by Gasteiger charge is 2.23. The molecule has 3 heterocycles. The maximum atomic E-state index is 14.9. The van der Waals surface area contributed by atoms with E-state index in [1.165, 1.54) is 13.1 Å². The number of hydrogen-bond donors (Lipinski definition) is 2. The molecule has 1 amide bonds. The molecule has 0 unspecified atom stereocenters. The smallest absolute Gasteiger partial charge is 0.251 e. The van der Waals surface area contributed by atoms with Crippen LogP contribution in [0.5, 0.6) is 0 Å². The van der Waals surface area contributed by atoms with Crippen molar-refractivity contribution in [3.05, 3.63) is 59.2 Å². The molecule has 1 aromatic carbocycles. The minimum atomic E-state index is -0.467. The molecular formula is C21H23FN4O2. The second kappa shape index (κ2) is 7.69. The summed E-state index contributed by atoms with van der Waals surface area (Å²) in [4.78, 5) is 16.5. The molecule has 146 valence electrons. The number of amides is 1. The predicted molar refractivity (Wildman–Crippen MR) is 105 cm³/mol. The van der Waals surface area contributed by atoms with E-state index < -0.39 is 5.82 Å². The van der Waals surface area contributed by atoms with Crippen LogP contribution in [0.3, 0.4) is 0 Å². The van der Waals surface area contributed by atoms with Crippen molar-refractivity contribution in [3.8, 4) is 11.3 Å². The van der Waals surface area contributed by atoms with Gasteiger partial charge in [-0.3, -0.25) is 4.79 Å². The van der Waals surface area contributed by atoms with Crippen LogP contribution in [0.1, 0.15) is 21.6 Å². The van der Waals surface area contributed by atoms with E-state index in [0.717, 1.165) is 30.0 Å². The Morgan fingerprint density at radius 3 is 2.96 bits per heavy atom. The summed E-state index contributed by atoms with van der Waals surface area (Å²) in [5.41, 5.74) is 4.00. The second-order valence-electron chi connectivity index (χ2n) is 7.01. The molecule has 28 heavy (non-hydrogen) atoms. The summed E-state index contributed by atoms with van der Waals surface area (Å²) in [5.74, 6) is -0.789. The van der Waals surface area contributed by atoms with E-state index in [1.54, 1.807) is 12.1 Å². The van der Waals surface area contributed by atoms with Crippen LogP contribution in [0.2, 0.25) is 0 Å². The number of nitrogens with zero attached hydrogens (tertiary/aromatic N) is 2. The van der Waals surface area contributed by atoms with Crippen molar-refractivity contribution < 1.29 is 13.9 Å². The minimum Gasteiger partial charge on any atom is -0.375 e. The van der Waals surface area contributed by atoms with E-state index in [2.05, 4.69) is 10.6 Å².